The van der Waals surface area contributed by atoms with E-state index in [0.29, 0.717) is 23.3 Å². The van der Waals surface area contributed by atoms with Crippen LogP contribution in [0.2, 0.25) is 0 Å². The van der Waals surface area contributed by atoms with Crippen LogP contribution in [0.25, 0.3) is 0 Å². The maximum atomic E-state index is 13.2. The van der Waals surface area contributed by atoms with Crippen molar-refractivity contribution in [1.29, 1.82) is 0 Å². The zero-order valence-electron chi connectivity index (χ0n) is 14.5. The molecule has 0 radical (unpaired) electrons. The lowest BCUT2D eigenvalue weighted by molar-refractivity contribution is -0.171. The van der Waals surface area contributed by atoms with E-state index in [-0.39, 0.29) is 30.5 Å². The Kier molecular flexibility index (Phi) is 4.77. The first kappa shape index (κ1) is 17.6. The SMILES string of the molecule is C[C@@H]1CCOC2CN3C=C(Br)C(O)C(OCc4ccccc4)=C3C(=O)N21. The van der Waals surface area contributed by atoms with Crippen LogP contribution in [0.15, 0.2) is 52.5 Å². The minimum atomic E-state index is -0.994. The first-order valence-electron chi connectivity index (χ1n) is 8.73. The molecular weight excluding hydrogens is 400 g/mol. The Bertz CT molecular complexity index is 764. The average molecular weight is 421 g/mol. The highest BCUT2D eigenvalue weighted by Crippen LogP contribution is 2.36. The quantitative estimate of drug-likeness (QED) is 0.812. The third-order valence-corrected chi connectivity index (χ3v) is 5.61. The van der Waals surface area contributed by atoms with E-state index in [1.165, 1.54) is 0 Å². The van der Waals surface area contributed by atoms with Crippen molar-refractivity contribution in [2.75, 3.05) is 13.2 Å². The van der Waals surface area contributed by atoms with Crippen LogP contribution in [0, 0.1) is 0 Å². The summed E-state index contributed by atoms with van der Waals surface area (Å²) in [6, 6.07) is 9.78. The number of amides is 1. The van der Waals surface area contributed by atoms with Gasteiger partial charge in [-0.1, -0.05) is 46.3 Å². The molecule has 138 valence electrons. The van der Waals surface area contributed by atoms with Crippen molar-refractivity contribution < 1.29 is 19.4 Å². The number of carbonyl (C=O) groups is 1. The Hall–Kier alpha value is -1.83. The third kappa shape index (κ3) is 3.04. The summed E-state index contributed by atoms with van der Waals surface area (Å²) >= 11 is 3.39. The van der Waals surface area contributed by atoms with Crippen LogP contribution in [0.3, 0.4) is 0 Å². The van der Waals surface area contributed by atoms with Gasteiger partial charge in [-0.2, -0.15) is 0 Å². The molecule has 1 amide bonds. The number of piperazine rings is 1. The largest absolute Gasteiger partial charge is 0.488 e. The van der Waals surface area contributed by atoms with Crippen LogP contribution in [0.1, 0.15) is 18.9 Å². The Balaban J connectivity index is 1.66. The molecule has 4 rings (SSSR count). The molecule has 1 aromatic carbocycles. The van der Waals surface area contributed by atoms with Crippen molar-refractivity contribution in [2.24, 2.45) is 0 Å². The lowest BCUT2D eigenvalue weighted by Gasteiger charge is -2.48. The molecule has 3 heterocycles. The first-order chi connectivity index (χ1) is 12.6. The third-order valence-electron chi connectivity index (χ3n) is 4.97. The molecule has 3 aliphatic rings. The van der Waals surface area contributed by atoms with E-state index in [0.717, 1.165) is 12.0 Å². The van der Waals surface area contributed by atoms with E-state index in [1.54, 1.807) is 11.1 Å². The summed E-state index contributed by atoms with van der Waals surface area (Å²) in [5.74, 6) is 0.122. The minimum absolute atomic E-state index is 0.0952. The number of hydrogen-bond acceptors (Lipinski definition) is 5. The second kappa shape index (κ2) is 7.06. The van der Waals surface area contributed by atoms with Gasteiger partial charge < -0.3 is 24.4 Å². The number of ether oxygens (including phenoxy) is 2. The van der Waals surface area contributed by atoms with Crippen LogP contribution < -0.4 is 0 Å². The van der Waals surface area contributed by atoms with Crippen LogP contribution in [-0.4, -0.2) is 52.3 Å². The van der Waals surface area contributed by atoms with Crippen molar-refractivity contribution >= 4 is 21.8 Å². The number of rotatable bonds is 3. The molecule has 2 saturated heterocycles. The highest BCUT2D eigenvalue weighted by atomic mass is 79.9. The molecule has 3 atom stereocenters. The number of nitrogens with zero attached hydrogens (tertiary/aromatic N) is 2. The van der Waals surface area contributed by atoms with Crippen molar-refractivity contribution in [2.45, 2.75) is 38.3 Å². The van der Waals surface area contributed by atoms with Gasteiger partial charge in [-0.3, -0.25) is 4.79 Å². The molecule has 3 aliphatic heterocycles. The highest BCUT2D eigenvalue weighted by molar-refractivity contribution is 9.11. The summed E-state index contributed by atoms with van der Waals surface area (Å²) in [7, 11) is 0. The molecule has 0 spiro atoms. The van der Waals surface area contributed by atoms with Crippen LogP contribution >= 0.6 is 15.9 Å². The second-order valence-corrected chi connectivity index (χ2v) is 7.65. The van der Waals surface area contributed by atoms with Gasteiger partial charge in [0.2, 0.25) is 0 Å². The highest BCUT2D eigenvalue weighted by Gasteiger charge is 2.45. The Morgan fingerprint density at radius 3 is 2.88 bits per heavy atom. The lowest BCUT2D eigenvalue weighted by atomic mass is 10.0. The summed E-state index contributed by atoms with van der Waals surface area (Å²) in [5, 5.41) is 10.6. The molecule has 0 aromatic heterocycles. The maximum Gasteiger partial charge on any atom is 0.276 e. The van der Waals surface area contributed by atoms with E-state index in [2.05, 4.69) is 15.9 Å². The zero-order chi connectivity index (χ0) is 18.3. The molecule has 7 heteroatoms. The Labute approximate surface area is 160 Å². The Morgan fingerprint density at radius 1 is 1.35 bits per heavy atom. The molecule has 0 bridgehead atoms. The van der Waals surface area contributed by atoms with Crippen molar-refractivity contribution in [1.82, 2.24) is 9.80 Å². The van der Waals surface area contributed by atoms with E-state index in [9.17, 15) is 9.90 Å². The lowest BCUT2D eigenvalue weighted by Crippen LogP contribution is -2.61. The summed E-state index contributed by atoms with van der Waals surface area (Å²) < 4.78 is 12.3. The summed E-state index contributed by atoms with van der Waals surface area (Å²) in [4.78, 5) is 16.8. The van der Waals surface area contributed by atoms with Gasteiger partial charge in [0.15, 0.2) is 12.0 Å². The molecular formula is C19H21BrN2O4. The van der Waals surface area contributed by atoms with E-state index >= 15 is 0 Å². The second-order valence-electron chi connectivity index (χ2n) is 6.73. The number of aliphatic hydroxyl groups is 1. The van der Waals surface area contributed by atoms with E-state index in [4.69, 9.17) is 9.47 Å². The fourth-order valence-corrected chi connectivity index (χ4v) is 4.03. The van der Waals surface area contributed by atoms with Gasteiger partial charge >= 0.3 is 0 Å². The van der Waals surface area contributed by atoms with Gasteiger partial charge in [0.05, 0.1) is 13.2 Å². The van der Waals surface area contributed by atoms with Gasteiger partial charge in [-0.15, -0.1) is 0 Å². The predicted molar refractivity (Wildman–Crippen MR) is 98.6 cm³/mol. The summed E-state index contributed by atoms with van der Waals surface area (Å²) in [6.45, 7) is 3.48. The van der Waals surface area contributed by atoms with Gasteiger partial charge in [0, 0.05) is 16.7 Å². The molecule has 2 fully saturated rings. The maximum absolute atomic E-state index is 13.2. The number of benzene rings is 1. The van der Waals surface area contributed by atoms with Crippen LogP contribution in [0.4, 0.5) is 0 Å². The molecule has 6 nitrogen and oxygen atoms in total. The minimum Gasteiger partial charge on any atom is -0.488 e. The molecule has 0 aliphatic carbocycles. The average Bonchev–Trinajstić information content (AvgIpc) is 2.63. The zero-order valence-corrected chi connectivity index (χ0v) is 16.1. The van der Waals surface area contributed by atoms with E-state index in [1.807, 2.05) is 42.2 Å². The fraction of sp³-hybridized carbons (Fsp3) is 0.421. The first-order valence-corrected chi connectivity index (χ1v) is 9.52. The topological polar surface area (TPSA) is 62.2 Å². The fourth-order valence-electron chi connectivity index (χ4n) is 3.58. The number of fused-ring (bicyclic) bond motifs is 2. The molecule has 0 saturated carbocycles. The predicted octanol–water partition coefficient (Wildman–Crippen LogP) is 2.30. The monoisotopic (exact) mass is 420 g/mol. The molecule has 26 heavy (non-hydrogen) atoms. The standard InChI is InChI=1S/C19H21BrN2O4/c1-12-7-8-25-15-10-21-9-14(20)17(23)18(16(21)19(24)22(12)15)26-11-13-5-3-2-4-6-13/h2-6,9,12,15,17,23H,7-8,10-11H2,1H3/t12-,15?,17?/m1/s1. The molecule has 1 aromatic rings. The van der Waals surface area contributed by atoms with Crippen molar-refractivity contribution in [3.05, 3.63) is 58.0 Å². The van der Waals surface area contributed by atoms with Gasteiger partial charge in [-0.05, 0) is 18.9 Å². The van der Waals surface area contributed by atoms with Crippen molar-refractivity contribution in [3.63, 3.8) is 0 Å². The number of aliphatic hydroxyl groups excluding tert-OH is 1. The molecule has 2 unspecified atom stereocenters. The summed E-state index contributed by atoms with van der Waals surface area (Å²) in [6.07, 6.45) is 1.27. The van der Waals surface area contributed by atoms with Crippen molar-refractivity contribution in [3.8, 4) is 0 Å². The normalized spacial score (nSPS) is 28.5. The Morgan fingerprint density at radius 2 is 2.12 bits per heavy atom. The summed E-state index contributed by atoms with van der Waals surface area (Å²) in [5.41, 5.74) is 1.37. The smallest absolute Gasteiger partial charge is 0.276 e. The number of hydrogen-bond donors (Lipinski definition) is 1. The number of halogens is 1. The van der Waals surface area contributed by atoms with Gasteiger partial charge in [0.1, 0.15) is 18.4 Å². The number of carbonyl (C=O) groups excluding carboxylic acids is 1. The van der Waals surface area contributed by atoms with Crippen LogP contribution in [0.5, 0.6) is 0 Å². The van der Waals surface area contributed by atoms with Gasteiger partial charge in [0.25, 0.3) is 5.91 Å². The van der Waals surface area contributed by atoms with Gasteiger partial charge in [-0.25, -0.2) is 0 Å². The van der Waals surface area contributed by atoms with Crippen LogP contribution in [-0.2, 0) is 20.9 Å². The molecule has 1 N–H and O–H groups in total. The van der Waals surface area contributed by atoms with E-state index < -0.39 is 6.10 Å².